The molecule has 1 aliphatic rings. The van der Waals surface area contributed by atoms with Crippen molar-refractivity contribution in [1.29, 1.82) is 0 Å². The molecule has 0 aliphatic heterocycles. The van der Waals surface area contributed by atoms with Gasteiger partial charge >= 0.3 is 0 Å². The van der Waals surface area contributed by atoms with Gasteiger partial charge in [0.1, 0.15) is 24.1 Å². The van der Waals surface area contributed by atoms with Crippen molar-refractivity contribution in [3.05, 3.63) is 82.8 Å². The van der Waals surface area contributed by atoms with Crippen LogP contribution in [0.15, 0.2) is 82.2 Å². The highest BCUT2D eigenvalue weighted by atomic mass is 79.9. The van der Waals surface area contributed by atoms with E-state index in [-0.39, 0.29) is 34.8 Å². The van der Waals surface area contributed by atoms with Crippen molar-refractivity contribution in [1.82, 2.24) is 10.2 Å². The Hall–Kier alpha value is -3.57. The molecule has 2 amide bonds. The van der Waals surface area contributed by atoms with Gasteiger partial charge < -0.3 is 19.7 Å². The largest absolute Gasteiger partial charge is 0.497 e. The molecule has 0 heterocycles. The van der Waals surface area contributed by atoms with Gasteiger partial charge in [0.25, 0.3) is 10.0 Å². The number of halogens is 1. The number of sulfonamides is 1. The van der Waals surface area contributed by atoms with Gasteiger partial charge in [-0.05, 0) is 61.7 Å². The van der Waals surface area contributed by atoms with Crippen LogP contribution in [0.25, 0.3) is 0 Å². The van der Waals surface area contributed by atoms with Gasteiger partial charge in [-0.1, -0.05) is 59.1 Å². The van der Waals surface area contributed by atoms with E-state index in [0.29, 0.717) is 5.75 Å². The predicted molar refractivity (Wildman–Crippen MR) is 165 cm³/mol. The quantitative estimate of drug-likeness (QED) is 0.289. The highest BCUT2D eigenvalue weighted by Crippen LogP contribution is 2.36. The summed E-state index contributed by atoms with van der Waals surface area (Å²) in [6.45, 7) is 1.21. The molecule has 0 radical (unpaired) electrons. The van der Waals surface area contributed by atoms with Gasteiger partial charge in [-0.3, -0.25) is 13.9 Å². The first-order chi connectivity index (χ1) is 20.1. The molecule has 1 N–H and O–H groups in total. The second kappa shape index (κ2) is 14.1. The second-order valence-corrected chi connectivity index (χ2v) is 13.0. The fourth-order valence-electron chi connectivity index (χ4n) is 4.99. The van der Waals surface area contributed by atoms with Crippen LogP contribution in [-0.4, -0.2) is 58.0 Å². The summed E-state index contributed by atoms with van der Waals surface area (Å²) in [6, 6.07) is 19.3. The van der Waals surface area contributed by atoms with E-state index in [1.54, 1.807) is 37.3 Å². The lowest BCUT2D eigenvalue weighted by atomic mass is 10.1. The van der Waals surface area contributed by atoms with E-state index in [2.05, 4.69) is 21.2 Å². The maximum atomic E-state index is 14.2. The second-order valence-electron chi connectivity index (χ2n) is 10.2. The van der Waals surface area contributed by atoms with Gasteiger partial charge in [0.15, 0.2) is 0 Å². The SMILES string of the molecule is COc1ccc(OC)c(N(CC(=O)N(Cc2ccc(Br)cc2)[C@@H](C)C(=O)NC2CCCC2)S(=O)(=O)c2ccccc2)c1. The fourth-order valence-corrected chi connectivity index (χ4v) is 6.69. The molecule has 0 aromatic heterocycles. The van der Waals surface area contributed by atoms with Crippen molar-refractivity contribution in [2.45, 2.75) is 56.1 Å². The predicted octanol–water partition coefficient (Wildman–Crippen LogP) is 5.14. The van der Waals surface area contributed by atoms with Crippen LogP contribution in [0, 0.1) is 0 Å². The summed E-state index contributed by atoms with van der Waals surface area (Å²) in [4.78, 5) is 29.0. The molecule has 0 saturated heterocycles. The highest BCUT2D eigenvalue weighted by molar-refractivity contribution is 9.10. The van der Waals surface area contributed by atoms with Crippen molar-refractivity contribution < 1.29 is 27.5 Å². The number of carbonyl (C=O) groups excluding carboxylic acids is 2. The number of ether oxygens (including phenoxy) is 2. The Bertz CT molecular complexity index is 1480. The van der Waals surface area contributed by atoms with Crippen molar-refractivity contribution in [3.8, 4) is 11.5 Å². The van der Waals surface area contributed by atoms with Crippen molar-refractivity contribution in [2.75, 3.05) is 25.1 Å². The third kappa shape index (κ3) is 7.43. The van der Waals surface area contributed by atoms with Crippen molar-refractivity contribution in [3.63, 3.8) is 0 Å². The van der Waals surface area contributed by atoms with Crippen LogP contribution >= 0.6 is 15.9 Å². The first-order valence-corrected chi connectivity index (χ1v) is 16.0. The van der Waals surface area contributed by atoms with Crippen LogP contribution in [0.5, 0.6) is 11.5 Å². The van der Waals surface area contributed by atoms with Crippen LogP contribution in [-0.2, 0) is 26.2 Å². The number of benzene rings is 3. The Morgan fingerprint density at radius 1 is 0.976 bits per heavy atom. The normalized spacial score (nSPS) is 14.2. The Morgan fingerprint density at radius 2 is 1.64 bits per heavy atom. The minimum atomic E-state index is -4.24. The monoisotopic (exact) mass is 657 g/mol. The average Bonchev–Trinajstić information content (AvgIpc) is 3.52. The number of anilines is 1. The van der Waals surface area contributed by atoms with E-state index in [4.69, 9.17) is 9.47 Å². The third-order valence-electron chi connectivity index (χ3n) is 7.40. The molecule has 1 atom stereocenters. The lowest BCUT2D eigenvalue weighted by Gasteiger charge is -2.33. The first kappa shape index (κ1) is 31.4. The molecule has 42 heavy (non-hydrogen) atoms. The lowest BCUT2D eigenvalue weighted by Crippen LogP contribution is -2.52. The number of carbonyl (C=O) groups is 2. The number of nitrogens with one attached hydrogen (secondary N) is 1. The molecule has 0 unspecified atom stereocenters. The minimum absolute atomic E-state index is 0.00848. The smallest absolute Gasteiger partial charge is 0.264 e. The zero-order valence-corrected chi connectivity index (χ0v) is 26.4. The molecule has 3 aromatic carbocycles. The van der Waals surface area contributed by atoms with Gasteiger partial charge in [0.05, 0.1) is 24.8 Å². The first-order valence-electron chi connectivity index (χ1n) is 13.8. The summed E-state index contributed by atoms with van der Waals surface area (Å²) in [7, 11) is -1.34. The summed E-state index contributed by atoms with van der Waals surface area (Å²) < 4.78 is 40.9. The zero-order chi connectivity index (χ0) is 30.3. The Morgan fingerprint density at radius 3 is 2.26 bits per heavy atom. The Kier molecular flexibility index (Phi) is 10.5. The van der Waals surface area contributed by atoms with E-state index < -0.39 is 28.5 Å². The van der Waals surface area contributed by atoms with Gasteiger partial charge in [0.2, 0.25) is 11.8 Å². The molecule has 4 rings (SSSR count). The number of amides is 2. The molecule has 3 aromatic rings. The van der Waals surface area contributed by atoms with E-state index in [1.165, 1.54) is 37.3 Å². The molecule has 0 bridgehead atoms. The van der Waals surface area contributed by atoms with Crippen LogP contribution in [0.3, 0.4) is 0 Å². The van der Waals surface area contributed by atoms with Gasteiger partial charge in [-0.15, -0.1) is 0 Å². The Balaban J connectivity index is 1.74. The van der Waals surface area contributed by atoms with Crippen LogP contribution in [0.2, 0.25) is 0 Å². The summed E-state index contributed by atoms with van der Waals surface area (Å²) in [5.74, 6) is -0.183. The molecule has 9 nitrogen and oxygen atoms in total. The van der Waals surface area contributed by atoms with E-state index in [1.807, 2.05) is 24.3 Å². The van der Waals surface area contributed by atoms with E-state index >= 15 is 0 Å². The third-order valence-corrected chi connectivity index (χ3v) is 9.70. The van der Waals surface area contributed by atoms with Gasteiger partial charge in [-0.2, -0.15) is 0 Å². The average molecular weight is 659 g/mol. The number of hydrogen-bond acceptors (Lipinski definition) is 6. The standard InChI is InChI=1S/C31H36BrN3O6S/c1-22(31(37)33-25-9-7-8-10-25)34(20-23-13-15-24(32)16-14-23)30(36)21-35(42(38,39)27-11-5-4-6-12-27)28-19-26(40-2)17-18-29(28)41-3/h4-6,11-19,22,25H,7-10,20-21H2,1-3H3,(H,33,37)/t22-/m0/s1. The number of rotatable bonds is 12. The molecule has 1 aliphatic carbocycles. The summed E-state index contributed by atoms with van der Waals surface area (Å²) in [5.41, 5.74) is 0.934. The molecule has 1 fully saturated rings. The molecule has 1 saturated carbocycles. The van der Waals surface area contributed by atoms with Gasteiger partial charge in [0, 0.05) is 23.1 Å². The van der Waals surface area contributed by atoms with Crippen LogP contribution in [0.1, 0.15) is 38.2 Å². The maximum absolute atomic E-state index is 14.2. The maximum Gasteiger partial charge on any atom is 0.264 e. The summed E-state index contributed by atoms with van der Waals surface area (Å²) >= 11 is 3.43. The lowest BCUT2D eigenvalue weighted by molar-refractivity contribution is -0.139. The van der Waals surface area contributed by atoms with E-state index in [0.717, 1.165) is 40.0 Å². The van der Waals surface area contributed by atoms with Crippen molar-refractivity contribution >= 4 is 43.5 Å². The summed E-state index contributed by atoms with van der Waals surface area (Å²) in [5, 5.41) is 3.07. The van der Waals surface area contributed by atoms with Crippen LogP contribution in [0.4, 0.5) is 5.69 Å². The highest BCUT2D eigenvalue weighted by Gasteiger charge is 2.34. The fraction of sp³-hybridized carbons (Fsp3) is 0.355. The summed E-state index contributed by atoms with van der Waals surface area (Å²) in [6.07, 6.45) is 3.90. The molecular formula is C31H36BrN3O6S. The molecule has 224 valence electrons. The van der Waals surface area contributed by atoms with Gasteiger partial charge in [-0.25, -0.2) is 8.42 Å². The molecule has 0 spiro atoms. The molecular weight excluding hydrogens is 622 g/mol. The molecule has 11 heteroatoms. The Labute approximate surface area is 256 Å². The minimum Gasteiger partial charge on any atom is -0.497 e. The number of hydrogen-bond donors (Lipinski definition) is 1. The topological polar surface area (TPSA) is 105 Å². The number of nitrogens with zero attached hydrogens (tertiary/aromatic N) is 2. The number of methoxy groups -OCH3 is 2. The van der Waals surface area contributed by atoms with Crippen molar-refractivity contribution in [2.24, 2.45) is 0 Å². The zero-order valence-electron chi connectivity index (χ0n) is 24.0. The van der Waals surface area contributed by atoms with Crippen LogP contribution < -0.4 is 19.1 Å². The van der Waals surface area contributed by atoms with E-state index in [9.17, 15) is 18.0 Å².